The van der Waals surface area contributed by atoms with Crippen molar-refractivity contribution < 1.29 is 4.74 Å². The monoisotopic (exact) mass is 163 g/mol. The number of hydrogen-bond donors (Lipinski definition) is 0. The van der Waals surface area contributed by atoms with Crippen molar-refractivity contribution in [1.82, 2.24) is 0 Å². The first kappa shape index (κ1) is 10.5. The maximum Gasteiger partial charge on any atom is 0.286 e. The Kier molecular flexibility index (Phi) is 6.67. The summed E-state index contributed by atoms with van der Waals surface area (Å²) in [5, 5.41) is 7.40. The average molecular weight is 163 g/mol. The summed E-state index contributed by atoms with van der Waals surface area (Å²) in [7, 11) is 1.32. The highest BCUT2D eigenvalue weighted by Crippen LogP contribution is 1.96. The van der Waals surface area contributed by atoms with E-state index in [4.69, 9.17) is 5.26 Å². The second kappa shape index (κ2) is 7.62. The normalized spacial score (nSPS) is 7.42. The smallest absolute Gasteiger partial charge is 0.286 e. The molecule has 0 aliphatic rings. The van der Waals surface area contributed by atoms with Gasteiger partial charge in [0, 0.05) is 0 Å². The minimum absolute atomic E-state index is 1.14. The first-order valence-electron chi connectivity index (χ1n) is 3.81. The van der Waals surface area contributed by atoms with Gasteiger partial charge in [-0.1, -0.05) is 37.3 Å². The molecule has 1 aromatic carbocycles. The van der Waals surface area contributed by atoms with Gasteiger partial charge >= 0.3 is 0 Å². The number of nitrogens with zero attached hydrogens (tertiary/aromatic N) is 1. The van der Waals surface area contributed by atoms with Gasteiger partial charge in [-0.25, -0.2) is 0 Å². The highest BCUT2D eigenvalue weighted by Gasteiger charge is 1.79. The molecule has 0 heterocycles. The zero-order chi connectivity index (χ0) is 9.23. The van der Waals surface area contributed by atoms with Crippen LogP contribution in [0.5, 0.6) is 0 Å². The largest absolute Gasteiger partial charge is 0.431 e. The van der Waals surface area contributed by atoms with E-state index < -0.39 is 0 Å². The number of ether oxygens (including phenoxy) is 1. The molecule has 0 fully saturated rings. The molecule has 0 aliphatic heterocycles. The molecule has 0 radical (unpaired) electrons. The molecule has 0 aliphatic carbocycles. The summed E-state index contributed by atoms with van der Waals surface area (Å²) in [5.74, 6) is 0. The van der Waals surface area contributed by atoms with Crippen molar-refractivity contribution in [2.75, 3.05) is 7.11 Å². The molecule has 2 heteroatoms. The lowest BCUT2D eigenvalue weighted by Gasteiger charge is -1.89. The molecule has 1 rings (SSSR count). The molecule has 0 N–H and O–H groups in total. The third kappa shape index (κ3) is 5.31. The van der Waals surface area contributed by atoms with Gasteiger partial charge < -0.3 is 4.74 Å². The number of methoxy groups -OCH3 is 1. The maximum absolute atomic E-state index is 7.40. The maximum atomic E-state index is 7.40. The molecule has 0 spiro atoms. The van der Waals surface area contributed by atoms with Crippen molar-refractivity contribution in [3.8, 4) is 6.26 Å². The molecule has 12 heavy (non-hydrogen) atoms. The zero-order valence-corrected chi connectivity index (χ0v) is 7.45. The summed E-state index contributed by atoms with van der Waals surface area (Å²) in [6.45, 7) is 2.16. The second-order valence-electron chi connectivity index (χ2n) is 2.13. The van der Waals surface area contributed by atoms with Crippen molar-refractivity contribution >= 4 is 0 Å². The molecule has 0 saturated heterocycles. The van der Waals surface area contributed by atoms with Crippen LogP contribution in [0.15, 0.2) is 30.3 Å². The van der Waals surface area contributed by atoms with Gasteiger partial charge in [0.15, 0.2) is 0 Å². The Morgan fingerprint density at radius 1 is 1.33 bits per heavy atom. The Morgan fingerprint density at radius 2 is 1.83 bits per heavy atom. The van der Waals surface area contributed by atoms with Gasteiger partial charge in [-0.15, -0.1) is 0 Å². The molecular weight excluding hydrogens is 150 g/mol. The van der Waals surface area contributed by atoms with Crippen LogP contribution in [0, 0.1) is 11.5 Å². The first-order valence-corrected chi connectivity index (χ1v) is 3.81. The topological polar surface area (TPSA) is 33.0 Å². The van der Waals surface area contributed by atoms with Crippen molar-refractivity contribution in [1.29, 1.82) is 5.26 Å². The van der Waals surface area contributed by atoms with E-state index in [1.807, 2.05) is 6.07 Å². The first-order chi connectivity index (χ1) is 5.85. The van der Waals surface area contributed by atoms with Crippen LogP contribution < -0.4 is 0 Å². The zero-order valence-electron chi connectivity index (χ0n) is 7.45. The molecule has 64 valence electrons. The number of benzene rings is 1. The Labute approximate surface area is 73.4 Å². The van der Waals surface area contributed by atoms with Crippen LogP contribution in [0.3, 0.4) is 0 Å². The van der Waals surface area contributed by atoms with E-state index in [0.29, 0.717) is 0 Å². The summed E-state index contributed by atoms with van der Waals surface area (Å²) >= 11 is 0. The average Bonchev–Trinajstić information content (AvgIpc) is 2.19. The van der Waals surface area contributed by atoms with Gasteiger partial charge in [0.25, 0.3) is 6.26 Å². The minimum atomic E-state index is 1.14. The fourth-order valence-corrected chi connectivity index (χ4v) is 0.714. The lowest BCUT2D eigenvalue weighted by molar-refractivity contribution is 0.362. The molecule has 0 amide bonds. The summed E-state index contributed by atoms with van der Waals surface area (Å²) in [5.41, 5.74) is 1.41. The number of nitriles is 1. The van der Waals surface area contributed by atoms with Gasteiger partial charge in [0.2, 0.25) is 0 Å². The lowest BCUT2D eigenvalue weighted by Crippen LogP contribution is -1.73. The number of hydrogen-bond acceptors (Lipinski definition) is 2. The molecule has 0 atom stereocenters. The Morgan fingerprint density at radius 3 is 2.08 bits per heavy atom. The fourth-order valence-electron chi connectivity index (χ4n) is 0.714. The predicted octanol–water partition coefficient (Wildman–Crippen LogP) is 2.36. The van der Waals surface area contributed by atoms with Crippen LogP contribution in [0.25, 0.3) is 0 Å². The quantitative estimate of drug-likeness (QED) is 0.595. The predicted molar refractivity (Wildman–Crippen MR) is 48.4 cm³/mol. The summed E-state index contributed by atoms with van der Waals surface area (Å²) in [4.78, 5) is 0. The molecular formula is C10H13NO. The van der Waals surface area contributed by atoms with Gasteiger partial charge in [-0.2, -0.15) is 5.26 Å². The lowest BCUT2D eigenvalue weighted by atomic mass is 10.2. The number of rotatable bonds is 1. The Hall–Kier alpha value is -1.49. The Balaban J connectivity index is 0.000000261. The van der Waals surface area contributed by atoms with Crippen LogP contribution >= 0.6 is 0 Å². The van der Waals surface area contributed by atoms with Crippen molar-refractivity contribution in [2.45, 2.75) is 13.3 Å². The number of aryl methyl sites for hydroxylation is 1. The van der Waals surface area contributed by atoms with E-state index in [0.717, 1.165) is 6.42 Å². The molecule has 0 unspecified atom stereocenters. The highest BCUT2D eigenvalue weighted by atomic mass is 16.5. The highest BCUT2D eigenvalue weighted by molar-refractivity contribution is 5.13. The van der Waals surface area contributed by atoms with Crippen LogP contribution in [0.4, 0.5) is 0 Å². The van der Waals surface area contributed by atoms with Crippen LogP contribution in [0.1, 0.15) is 12.5 Å². The summed E-state index contributed by atoms with van der Waals surface area (Å²) < 4.78 is 3.85. The van der Waals surface area contributed by atoms with E-state index in [2.05, 4.69) is 35.9 Å². The van der Waals surface area contributed by atoms with Crippen molar-refractivity contribution in [3.63, 3.8) is 0 Å². The molecule has 0 bridgehead atoms. The van der Waals surface area contributed by atoms with E-state index in [9.17, 15) is 0 Å². The van der Waals surface area contributed by atoms with E-state index in [-0.39, 0.29) is 0 Å². The molecule has 1 aromatic rings. The standard InChI is InChI=1S/C8H10.C2H3NO/c1-2-8-6-4-3-5-7-8;1-4-2-3/h3-7H,2H2,1H3;1H3. The summed E-state index contributed by atoms with van der Waals surface area (Å²) in [6, 6.07) is 10.5. The van der Waals surface area contributed by atoms with Crippen LogP contribution in [-0.4, -0.2) is 7.11 Å². The van der Waals surface area contributed by atoms with E-state index in [1.54, 1.807) is 0 Å². The van der Waals surface area contributed by atoms with Gasteiger partial charge in [0.1, 0.15) is 0 Å². The SMILES string of the molecule is CCc1ccccc1.COC#N. The minimum Gasteiger partial charge on any atom is -0.431 e. The van der Waals surface area contributed by atoms with Crippen molar-refractivity contribution in [3.05, 3.63) is 35.9 Å². The second-order valence-corrected chi connectivity index (χ2v) is 2.13. The van der Waals surface area contributed by atoms with Gasteiger partial charge in [-0.05, 0) is 12.0 Å². The van der Waals surface area contributed by atoms with Crippen LogP contribution in [0.2, 0.25) is 0 Å². The summed E-state index contributed by atoms with van der Waals surface area (Å²) in [6.07, 6.45) is 2.57. The van der Waals surface area contributed by atoms with Gasteiger partial charge in [-0.3, -0.25) is 0 Å². The van der Waals surface area contributed by atoms with Crippen LogP contribution in [-0.2, 0) is 11.2 Å². The van der Waals surface area contributed by atoms with E-state index >= 15 is 0 Å². The molecule has 2 nitrogen and oxygen atoms in total. The van der Waals surface area contributed by atoms with Crippen molar-refractivity contribution in [2.24, 2.45) is 0 Å². The third-order valence-electron chi connectivity index (χ3n) is 1.34. The molecule has 0 saturated carbocycles. The van der Waals surface area contributed by atoms with E-state index in [1.165, 1.54) is 18.9 Å². The third-order valence-corrected chi connectivity index (χ3v) is 1.34. The van der Waals surface area contributed by atoms with Gasteiger partial charge in [0.05, 0.1) is 7.11 Å². The fraction of sp³-hybridized carbons (Fsp3) is 0.300. The molecule has 0 aromatic heterocycles. The Bertz CT molecular complexity index is 225.